The lowest BCUT2D eigenvalue weighted by Crippen LogP contribution is -2.08. The number of allylic oxidation sites excluding steroid dienone is 1. The van der Waals surface area contributed by atoms with E-state index in [9.17, 15) is 14.3 Å². The van der Waals surface area contributed by atoms with Gasteiger partial charge >= 0.3 is 0 Å². The summed E-state index contributed by atoms with van der Waals surface area (Å²) in [7, 11) is 0. The zero-order valence-electron chi connectivity index (χ0n) is 8.61. The van der Waals surface area contributed by atoms with Gasteiger partial charge in [0.2, 0.25) is 5.91 Å². The molecule has 2 N–H and O–H groups in total. The predicted molar refractivity (Wildman–Crippen MR) is 58.6 cm³/mol. The van der Waals surface area contributed by atoms with Crippen LogP contribution in [0.1, 0.15) is 12.8 Å². The van der Waals surface area contributed by atoms with Crippen LogP contribution in [0.15, 0.2) is 30.4 Å². The first-order valence-electron chi connectivity index (χ1n) is 5.13. The first-order chi connectivity index (χ1) is 7.65. The van der Waals surface area contributed by atoms with Crippen LogP contribution >= 0.6 is 0 Å². The van der Waals surface area contributed by atoms with Gasteiger partial charge in [0.15, 0.2) is 0 Å². The Kier molecular flexibility index (Phi) is 2.90. The topological polar surface area (TPSA) is 49.3 Å². The number of carbonyl (C=O) groups excluding carboxylic acids is 1. The van der Waals surface area contributed by atoms with Crippen LogP contribution in [0.5, 0.6) is 5.75 Å². The Balaban J connectivity index is 2.01. The summed E-state index contributed by atoms with van der Waals surface area (Å²) >= 11 is 0. The number of aromatic hydroxyl groups is 1. The predicted octanol–water partition coefficient (Wildman–Crippen LogP) is 2.44. The molecule has 0 bridgehead atoms. The molecule has 4 heteroatoms. The van der Waals surface area contributed by atoms with Crippen molar-refractivity contribution in [3.63, 3.8) is 0 Å². The van der Waals surface area contributed by atoms with Crippen molar-refractivity contribution in [1.82, 2.24) is 0 Å². The van der Waals surface area contributed by atoms with Crippen LogP contribution in [0, 0.1) is 11.7 Å². The van der Waals surface area contributed by atoms with Gasteiger partial charge < -0.3 is 10.4 Å². The highest BCUT2D eigenvalue weighted by Gasteiger charge is 2.17. The van der Waals surface area contributed by atoms with Crippen LogP contribution in [-0.2, 0) is 4.79 Å². The van der Waals surface area contributed by atoms with Gasteiger partial charge in [0.05, 0.1) is 5.69 Å². The minimum Gasteiger partial charge on any atom is -0.506 e. The van der Waals surface area contributed by atoms with Crippen LogP contribution in [-0.4, -0.2) is 11.0 Å². The number of carbonyl (C=O) groups is 1. The monoisotopic (exact) mass is 221 g/mol. The average molecular weight is 221 g/mol. The summed E-state index contributed by atoms with van der Waals surface area (Å²) in [6.45, 7) is 0. The first kappa shape index (κ1) is 10.7. The van der Waals surface area contributed by atoms with Crippen molar-refractivity contribution >= 4 is 11.6 Å². The van der Waals surface area contributed by atoms with Gasteiger partial charge in [-0.1, -0.05) is 6.08 Å². The fourth-order valence-corrected chi connectivity index (χ4v) is 1.29. The highest BCUT2D eigenvalue weighted by molar-refractivity contribution is 6.00. The van der Waals surface area contributed by atoms with Gasteiger partial charge in [-0.3, -0.25) is 4.79 Å². The SMILES string of the molecule is O=C(/C=C/C1CC1)Nc1cc(F)ccc1O. The summed E-state index contributed by atoms with van der Waals surface area (Å²) in [5, 5.41) is 11.8. The molecule has 84 valence electrons. The number of nitrogens with one attached hydrogen (secondary N) is 1. The van der Waals surface area contributed by atoms with E-state index in [1.165, 1.54) is 12.1 Å². The summed E-state index contributed by atoms with van der Waals surface area (Å²) in [6, 6.07) is 3.42. The molecule has 1 aliphatic carbocycles. The van der Waals surface area contributed by atoms with Gasteiger partial charge in [-0.05, 0) is 37.0 Å². The molecule has 1 aromatic carbocycles. The molecular formula is C12H12FNO2. The Morgan fingerprint density at radius 2 is 2.25 bits per heavy atom. The van der Waals surface area contributed by atoms with E-state index in [-0.39, 0.29) is 17.3 Å². The van der Waals surface area contributed by atoms with Crippen LogP contribution in [0.2, 0.25) is 0 Å². The number of benzene rings is 1. The van der Waals surface area contributed by atoms with Crippen LogP contribution in [0.3, 0.4) is 0 Å². The largest absolute Gasteiger partial charge is 0.506 e. The molecule has 1 aliphatic rings. The van der Waals surface area contributed by atoms with Gasteiger partial charge in [-0.15, -0.1) is 0 Å². The summed E-state index contributed by atoms with van der Waals surface area (Å²) in [6.07, 6.45) is 5.48. The second kappa shape index (κ2) is 4.35. The summed E-state index contributed by atoms with van der Waals surface area (Å²) in [5.74, 6) is -0.492. The molecule has 0 aliphatic heterocycles. The number of hydrogen-bond acceptors (Lipinski definition) is 2. The lowest BCUT2D eigenvalue weighted by molar-refractivity contribution is -0.111. The minimum absolute atomic E-state index is 0.0884. The van der Waals surface area contributed by atoms with E-state index < -0.39 is 5.82 Å². The maximum absolute atomic E-state index is 12.8. The molecule has 1 amide bonds. The number of phenols is 1. The third-order valence-electron chi connectivity index (χ3n) is 2.36. The van der Waals surface area contributed by atoms with Crippen molar-refractivity contribution in [1.29, 1.82) is 0 Å². The summed E-state index contributed by atoms with van der Waals surface area (Å²) < 4.78 is 12.8. The fraction of sp³-hybridized carbons (Fsp3) is 0.250. The van der Waals surface area contributed by atoms with Gasteiger partial charge in [0.1, 0.15) is 11.6 Å². The number of hydrogen-bond donors (Lipinski definition) is 2. The lowest BCUT2D eigenvalue weighted by Gasteiger charge is -2.04. The molecular weight excluding hydrogens is 209 g/mol. The molecule has 0 atom stereocenters. The zero-order valence-corrected chi connectivity index (χ0v) is 8.61. The third-order valence-corrected chi connectivity index (χ3v) is 2.36. The van der Waals surface area contributed by atoms with Gasteiger partial charge in [-0.25, -0.2) is 4.39 Å². The lowest BCUT2D eigenvalue weighted by atomic mass is 10.2. The highest BCUT2D eigenvalue weighted by Crippen LogP contribution is 2.30. The molecule has 0 radical (unpaired) electrons. The number of anilines is 1. The Morgan fingerprint density at radius 1 is 1.50 bits per heavy atom. The van der Waals surface area contributed by atoms with Crippen LogP contribution in [0.4, 0.5) is 10.1 Å². The van der Waals surface area contributed by atoms with Crippen molar-refractivity contribution in [2.24, 2.45) is 5.92 Å². The number of amides is 1. The van der Waals surface area contributed by atoms with Crippen molar-refractivity contribution in [2.45, 2.75) is 12.8 Å². The number of rotatable bonds is 3. The first-order valence-corrected chi connectivity index (χ1v) is 5.13. The highest BCUT2D eigenvalue weighted by atomic mass is 19.1. The average Bonchev–Trinajstić information content (AvgIpc) is 3.04. The van der Waals surface area contributed by atoms with E-state index in [4.69, 9.17) is 0 Å². The van der Waals surface area contributed by atoms with E-state index >= 15 is 0 Å². The van der Waals surface area contributed by atoms with Crippen molar-refractivity contribution in [3.8, 4) is 5.75 Å². The van der Waals surface area contributed by atoms with Gasteiger partial charge in [0.25, 0.3) is 0 Å². The second-order valence-electron chi connectivity index (χ2n) is 3.85. The Labute approximate surface area is 92.6 Å². The molecule has 0 heterocycles. The standard InChI is InChI=1S/C12H12FNO2/c13-9-4-5-11(15)10(7-9)14-12(16)6-3-8-1-2-8/h3-8,15H,1-2H2,(H,14,16)/b6-3+. The van der Waals surface area contributed by atoms with E-state index in [1.807, 2.05) is 6.08 Å². The molecule has 0 spiro atoms. The molecule has 1 fully saturated rings. The Bertz CT molecular complexity index is 439. The Hall–Kier alpha value is -1.84. The van der Waals surface area contributed by atoms with E-state index in [0.717, 1.165) is 25.0 Å². The summed E-state index contributed by atoms with van der Waals surface area (Å²) in [4.78, 5) is 11.4. The van der Waals surface area contributed by atoms with E-state index in [2.05, 4.69) is 5.32 Å². The molecule has 1 aromatic rings. The Morgan fingerprint density at radius 3 is 2.94 bits per heavy atom. The van der Waals surface area contributed by atoms with Crippen LogP contribution < -0.4 is 5.32 Å². The zero-order chi connectivity index (χ0) is 11.5. The van der Waals surface area contributed by atoms with Crippen LogP contribution in [0.25, 0.3) is 0 Å². The number of phenolic OH excluding ortho intramolecular Hbond substituents is 1. The third kappa shape index (κ3) is 2.82. The molecule has 0 aromatic heterocycles. The van der Waals surface area contributed by atoms with E-state index in [0.29, 0.717) is 5.92 Å². The molecule has 3 nitrogen and oxygen atoms in total. The normalized spacial score (nSPS) is 15.3. The summed E-state index contributed by atoms with van der Waals surface area (Å²) in [5.41, 5.74) is 0.0884. The smallest absolute Gasteiger partial charge is 0.248 e. The van der Waals surface area contributed by atoms with Crippen molar-refractivity contribution in [2.75, 3.05) is 5.32 Å². The van der Waals surface area contributed by atoms with Gasteiger partial charge in [0, 0.05) is 6.07 Å². The number of halogens is 1. The van der Waals surface area contributed by atoms with E-state index in [1.54, 1.807) is 0 Å². The minimum atomic E-state index is -0.501. The fourth-order valence-electron chi connectivity index (χ4n) is 1.29. The molecule has 0 saturated heterocycles. The van der Waals surface area contributed by atoms with Crippen molar-refractivity contribution < 1.29 is 14.3 Å². The van der Waals surface area contributed by atoms with Gasteiger partial charge in [-0.2, -0.15) is 0 Å². The molecule has 0 unspecified atom stereocenters. The van der Waals surface area contributed by atoms with Crippen molar-refractivity contribution in [3.05, 3.63) is 36.2 Å². The second-order valence-corrected chi connectivity index (χ2v) is 3.85. The molecule has 1 saturated carbocycles. The quantitative estimate of drug-likeness (QED) is 0.608. The maximum atomic E-state index is 12.8. The maximum Gasteiger partial charge on any atom is 0.248 e. The molecule has 2 rings (SSSR count). The molecule has 16 heavy (non-hydrogen) atoms.